The minimum absolute atomic E-state index is 0.400. The summed E-state index contributed by atoms with van der Waals surface area (Å²) in [6, 6.07) is 20.5. The number of benzene rings is 2. The molecule has 1 saturated carbocycles. The average Bonchev–Trinajstić information content (AvgIpc) is 2.62. The molecule has 2 aromatic rings. The Labute approximate surface area is 142 Å². The first kappa shape index (κ1) is 15.7. The van der Waals surface area contributed by atoms with Crippen molar-refractivity contribution in [3.05, 3.63) is 66.2 Å². The molecule has 2 N–H and O–H groups in total. The molecule has 0 saturated heterocycles. The molecule has 0 aliphatic heterocycles. The first-order chi connectivity index (χ1) is 11.3. The normalized spacial score (nSPS) is 19.3. The molecule has 1 aliphatic carbocycles. The quantitative estimate of drug-likeness (QED) is 0.635. The van der Waals surface area contributed by atoms with Crippen molar-refractivity contribution in [2.45, 2.75) is 31.6 Å². The molecule has 1 aliphatic rings. The predicted molar refractivity (Wildman–Crippen MR) is 101 cm³/mol. The maximum absolute atomic E-state index is 5.33. The Morgan fingerprint density at radius 2 is 1.65 bits per heavy atom. The van der Waals surface area contributed by atoms with Crippen molar-refractivity contribution in [1.29, 1.82) is 0 Å². The summed E-state index contributed by atoms with van der Waals surface area (Å²) in [4.78, 5) is 0. The monoisotopic (exact) mass is 323 g/mol. The molecule has 23 heavy (non-hydrogen) atoms. The SMILES string of the molecule is S=C(N/N=C1\CCCCC1c1ccccc1)Nc1ccccc1. The van der Waals surface area contributed by atoms with E-state index in [0.717, 1.165) is 18.5 Å². The van der Waals surface area contributed by atoms with Crippen molar-refractivity contribution in [2.75, 3.05) is 5.32 Å². The van der Waals surface area contributed by atoms with Gasteiger partial charge in [0.25, 0.3) is 0 Å². The van der Waals surface area contributed by atoms with Crippen LogP contribution in [0.4, 0.5) is 5.69 Å². The molecule has 3 nitrogen and oxygen atoms in total. The van der Waals surface area contributed by atoms with Gasteiger partial charge in [-0.15, -0.1) is 0 Å². The summed E-state index contributed by atoms with van der Waals surface area (Å²) in [5.74, 6) is 0.400. The van der Waals surface area contributed by atoms with E-state index in [0.29, 0.717) is 11.0 Å². The molecular weight excluding hydrogens is 302 g/mol. The molecule has 0 heterocycles. The van der Waals surface area contributed by atoms with Crippen molar-refractivity contribution in [3.8, 4) is 0 Å². The summed E-state index contributed by atoms with van der Waals surface area (Å²) in [6.45, 7) is 0. The second-order valence-corrected chi connectivity index (χ2v) is 6.15. The Kier molecular flexibility index (Phi) is 5.37. The van der Waals surface area contributed by atoms with Gasteiger partial charge in [0.05, 0.1) is 0 Å². The van der Waals surface area contributed by atoms with E-state index >= 15 is 0 Å². The third-order valence-corrected chi connectivity index (χ3v) is 4.31. The average molecular weight is 323 g/mol. The van der Waals surface area contributed by atoms with Crippen molar-refractivity contribution < 1.29 is 0 Å². The number of nitrogens with one attached hydrogen (secondary N) is 2. The Morgan fingerprint density at radius 1 is 0.957 bits per heavy atom. The van der Waals surface area contributed by atoms with E-state index in [1.165, 1.54) is 24.1 Å². The lowest BCUT2D eigenvalue weighted by Gasteiger charge is -2.24. The summed E-state index contributed by atoms with van der Waals surface area (Å²) in [7, 11) is 0. The lowest BCUT2D eigenvalue weighted by atomic mass is 9.82. The number of para-hydroxylation sites is 1. The van der Waals surface area contributed by atoms with Gasteiger partial charge in [-0.05, 0) is 49.2 Å². The molecule has 0 aromatic heterocycles. The van der Waals surface area contributed by atoms with Crippen LogP contribution in [0.1, 0.15) is 37.2 Å². The second-order valence-electron chi connectivity index (χ2n) is 5.74. The minimum atomic E-state index is 0.400. The summed E-state index contributed by atoms with van der Waals surface area (Å²) in [5.41, 5.74) is 6.51. The predicted octanol–water partition coefficient (Wildman–Crippen LogP) is 4.69. The Bertz CT molecular complexity index is 668. The first-order valence-corrected chi connectivity index (χ1v) is 8.47. The molecule has 1 unspecified atom stereocenters. The zero-order chi connectivity index (χ0) is 15.9. The maximum Gasteiger partial charge on any atom is 0.191 e. The summed E-state index contributed by atoms with van der Waals surface area (Å²) in [6.07, 6.45) is 4.64. The molecule has 0 bridgehead atoms. The topological polar surface area (TPSA) is 36.4 Å². The Morgan fingerprint density at radius 3 is 2.39 bits per heavy atom. The van der Waals surface area contributed by atoms with E-state index in [1.54, 1.807) is 0 Å². The van der Waals surface area contributed by atoms with E-state index in [1.807, 2.05) is 30.3 Å². The number of nitrogens with zero attached hydrogens (tertiary/aromatic N) is 1. The fourth-order valence-corrected chi connectivity index (χ4v) is 3.14. The summed E-state index contributed by atoms with van der Waals surface area (Å²) < 4.78 is 0. The highest BCUT2D eigenvalue weighted by atomic mass is 32.1. The van der Waals surface area contributed by atoms with Crippen molar-refractivity contribution >= 4 is 28.7 Å². The number of rotatable bonds is 3. The van der Waals surface area contributed by atoms with Gasteiger partial charge in [0.15, 0.2) is 5.11 Å². The Balaban J connectivity index is 1.66. The van der Waals surface area contributed by atoms with E-state index in [9.17, 15) is 0 Å². The highest BCUT2D eigenvalue weighted by Crippen LogP contribution is 2.30. The van der Waals surface area contributed by atoms with Crippen molar-refractivity contribution in [2.24, 2.45) is 5.10 Å². The van der Waals surface area contributed by atoms with E-state index < -0.39 is 0 Å². The molecule has 118 valence electrons. The fourth-order valence-electron chi connectivity index (χ4n) is 2.98. The molecule has 2 aromatic carbocycles. The van der Waals surface area contributed by atoms with Crippen LogP contribution in [-0.2, 0) is 0 Å². The number of hydrogen-bond donors (Lipinski definition) is 2. The van der Waals surface area contributed by atoms with E-state index in [-0.39, 0.29) is 0 Å². The smallest absolute Gasteiger partial charge is 0.191 e. The van der Waals surface area contributed by atoms with Crippen LogP contribution in [0.15, 0.2) is 65.8 Å². The largest absolute Gasteiger partial charge is 0.331 e. The van der Waals surface area contributed by atoms with Crippen LogP contribution in [0.2, 0.25) is 0 Å². The molecule has 4 heteroatoms. The van der Waals surface area contributed by atoms with Gasteiger partial charge in [-0.25, -0.2) is 0 Å². The van der Waals surface area contributed by atoms with Crippen LogP contribution in [0, 0.1) is 0 Å². The van der Waals surface area contributed by atoms with Crippen LogP contribution >= 0.6 is 12.2 Å². The maximum atomic E-state index is 5.33. The van der Waals surface area contributed by atoms with Gasteiger partial charge in [0.2, 0.25) is 0 Å². The zero-order valence-corrected chi connectivity index (χ0v) is 13.9. The van der Waals surface area contributed by atoms with Crippen molar-refractivity contribution in [1.82, 2.24) is 5.43 Å². The van der Waals surface area contributed by atoms with E-state index in [2.05, 4.69) is 46.2 Å². The van der Waals surface area contributed by atoms with Gasteiger partial charge in [-0.3, -0.25) is 5.43 Å². The van der Waals surface area contributed by atoms with Gasteiger partial charge < -0.3 is 5.32 Å². The fraction of sp³-hybridized carbons (Fsp3) is 0.263. The van der Waals surface area contributed by atoms with Gasteiger partial charge in [0.1, 0.15) is 0 Å². The summed E-state index contributed by atoms with van der Waals surface area (Å²) in [5, 5.41) is 8.28. The van der Waals surface area contributed by atoms with Crippen LogP contribution in [0.3, 0.4) is 0 Å². The number of anilines is 1. The van der Waals surface area contributed by atoms with Crippen LogP contribution < -0.4 is 10.7 Å². The highest BCUT2D eigenvalue weighted by Gasteiger charge is 2.22. The molecule has 3 rings (SSSR count). The van der Waals surface area contributed by atoms with Crippen LogP contribution in [-0.4, -0.2) is 10.8 Å². The Hall–Kier alpha value is -2.20. The third-order valence-electron chi connectivity index (χ3n) is 4.11. The lowest BCUT2D eigenvalue weighted by molar-refractivity contribution is 0.608. The van der Waals surface area contributed by atoms with E-state index in [4.69, 9.17) is 12.2 Å². The van der Waals surface area contributed by atoms with Crippen LogP contribution in [0.25, 0.3) is 0 Å². The minimum Gasteiger partial charge on any atom is -0.331 e. The van der Waals surface area contributed by atoms with Gasteiger partial charge in [0, 0.05) is 17.3 Å². The third kappa shape index (κ3) is 4.39. The van der Waals surface area contributed by atoms with Gasteiger partial charge in [-0.1, -0.05) is 55.0 Å². The standard InChI is InChI=1S/C19H21N3S/c23-19(20-16-11-5-2-6-12-16)22-21-18-14-8-7-13-17(18)15-9-3-1-4-10-15/h1-6,9-12,17H,7-8,13-14H2,(H2,20,22,23)/b21-18+. The van der Waals surface area contributed by atoms with Crippen molar-refractivity contribution in [3.63, 3.8) is 0 Å². The van der Waals surface area contributed by atoms with Gasteiger partial charge in [-0.2, -0.15) is 5.10 Å². The number of thiocarbonyl (C=S) groups is 1. The molecule has 0 spiro atoms. The lowest BCUT2D eigenvalue weighted by Crippen LogP contribution is -2.27. The first-order valence-electron chi connectivity index (χ1n) is 8.06. The van der Waals surface area contributed by atoms with Gasteiger partial charge >= 0.3 is 0 Å². The molecular formula is C19H21N3S. The number of hydrogen-bond acceptors (Lipinski definition) is 2. The number of hydrazone groups is 1. The molecule has 1 fully saturated rings. The van der Waals surface area contributed by atoms with Crippen LogP contribution in [0.5, 0.6) is 0 Å². The highest BCUT2D eigenvalue weighted by molar-refractivity contribution is 7.80. The zero-order valence-electron chi connectivity index (χ0n) is 13.0. The molecule has 0 radical (unpaired) electrons. The molecule has 1 atom stereocenters. The molecule has 0 amide bonds. The summed E-state index contributed by atoms with van der Waals surface area (Å²) >= 11 is 5.33. The second kappa shape index (κ2) is 7.88.